The molecule has 4 heterocycles. The number of hydrogen-bond donors (Lipinski definition) is 2. The van der Waals surface area contributed by atoms with E-state index < -0.39 is 11.6 Å². The minimum atomic E-state index is -0.556. The van der Waals surface area contributed by atoms with Gasteiger partial charge in [-0.1, -0.05) is 18.5 Å². The van der Waals surface area contributed by atoms with Crippen LogP contribution in [0.3, 0.4) is 0 Å². The number of hydrogen-bond acceptors (Lipinski definition) is 5. The van der Waals surface area contributed by atoms with Crippen molar-refractivity contribution in [3.8, 4) is 0 Å². The highest BCUT2D eigenvalue weighted by atomic mass is 35.5. The first kappa shape index (κ1) is 21.9. The Bertz CT molecular complexity index is 1220. The Morgan fingerprint density at radius 1 is 1.30 bits per heavy atom. The molecule has 2 aromatic heterocycles. The van der Waals surface area contributed by atoms with Gasteiger partial charge in [-0.25, -0.2) is 18.7 Å². The largest absolute Gasteiger partial charge is 0.391 e. The van der Waals surface area contributed by atoms with Crippen LogP contribution in [0.4, 0.5) is 20.7 Å². The van der Waals surface area contributed by atoms with Crippen LogP contribution in [-0.4, -0.2) is 56.4 Å². The lowest BCUT2D eigenvalue weighted by atomic mass is 9.81. The van der Waals surface area contributed by atoms with Gasteiger partial charge in [-0.05, 0) is 55.5 Å². The first-order valence-electron chi connectivity index (χ1n) is 11.1. The summed E-state index contributed by atoms with van der Waals surface area (Å²) in [5, 5.41) is 17.4. The summed E-state index contributed by atoms with van der Waals surface area (Å²) in [4.78, 5) is 21.2. The van der Waals surface area contributed by atoms with Gasteiger partial charge in [-0.2, -0.15) is 5.10 Å². The van der Waals surface area contributed by atoms with E-state index in [-0.39, 0.29) is 17.8 Å². The molecule has 0 unspecified atom stereocenters. The first-order valence-corrected chi connectivity index (χ1v) is 11.5. The molecule has 5 rings (SSSR count). The fraction of sp³-hybridized carbons (Fsp3) is 0.435. The number of fused-ring (bicyclic) bond motifs is 1. The van der Waals surface area contributed by atoms with Gasteiger partial charge in [-0.15, -0.1) is 0 Å². The number of rotatable bonds is 3. The molecule has 1 aromatic carbocycles. The van der Waals surface area contributed by atoms with Crippen molar-refractivity contribution in [1.82, 2.24) is 19.5 Å². The maximum absolute atomic E-state index is 14.2. The molecule has 2 fully saturated rings. The maximum Gasteiger partial charge on any atom is 0.322 e. The lowest BCUT2D eigenvalue weighted by Gasteiger charge is -2.40. The van der Waals surface area contributed by atoms with Gasteiger partial charge >= 0.3 is 6.03 Å². The van der Waals surface area contributed by atoms with Crippen molar-refractivity contribution in [3.05, 3.63) is 53.1 Å². The number of anilines is 2. The van der Waals surface area contributed by atoms with E-state index in [2.05, 4.69) is 29.2 Å². The van der Waals surface area contributed by atoms with Crippen LogP contribution in [0.5, 0.6) is 0 Å². The number of aliphatic hydroxyl groups is 1. The Hall–Kier alpha value is -2.91. The van der Waals surface area contributed by atoms with E-state index in [1.165, 1.54) is 12.1 Å². The first-order chi connectivity index (χ1) is 15.8. The third kappa shape index (κ3) is 3.69. The monoisotopic (exact) mass is 472 g/mol. The fourth-order valence-corrected chi connectivity index (χ4v) is 5.28. The number of halogens is 2. The van der Waals surface area contributed by atoms with Crippen LogP contribution in [0.15, 0.2) is 36.7 Å². The average Bonchev–Trinajstić information content (AvgIpc) is 3.48. The van der Waals surface area contributed by atoms with E-state index in [0.29, 0.717) is 41.7 Å². The Kier molecular flexibility index (Phi) is 5.41. The van der Waals surface area contributed by atoms with E-state index >= 15 is 0 Å². The second-order valence-corrected chi connectivity index (χ2v) is 9.45. The van der Waals surface area contributed by atoms with Crippen LogP contribution in [-0.2, 0) is 5.54 Å². The van der Waals surface area contributed by atoms with E-state index in [9.17, 15) is 14.3 Å². The second-order valence-electron chi connectivity index (χ2n) is 9.04. The molecule has 2 aliphatic rings. The van der Waals surface area contributed by atoms with Crippen molar-refractivity contribution in [1.29, 1.82) is 0 Å². The summed E-state index contributed by atoms with van der Waals surface area (Å²) in [6.45, 7) is 5.74. The number of amides is 2. The lowest BCUT2D eigenvalue weighted by molar-refractivity contribution is 0.176. The average molecular weight is 473 g/mol. The summed E-state index contributed by atoms with van der Waals surface area (Å²) >= 11 is 6.52. The molecule has 0 saturated carbocycles. The molecule has 2 amide bonds. The van der Waals surface area contributed by atoms with E-state index in [1.807, 2.05) is 6.07 Å². The SMILES string of the molecule is C[C@@H]1CCN(c2ccn3ncc(NC(=O)N4CC[C@H](O)C4)c3n2)[C@@]1(C)c1cc(F)ccc1Cl. The molecule has 2 N–H and O–H groups in total. The predicted octanol–water partition coefficient (Wildman–Crippen LogP) is 3.88. The summed E-state index contributed by atoms with van der Waals surface area (Å²) in [5.41, 5.74) is 1.17. The molecule has 174 valence electrons. The number of benzene rings is 1. The number of nitrogens with one attached hydrogen (secondary N) is 1. The topological polar surface area (TPSA) is 86.0 Å². The van der Waals surface area contributed by atoms with Crippen molar-refractivity contribution >= 4 is 34.8 Å². The lowest BCUT2D eigenvalue weighted by Crippen LogP contribution is -2.43. The molecule has 10 heteroatoms. The van der Waals surface area contributed by atoms with Crippen LogP contribution >= 0.6 is 11.6 Å². The second kappa shape index (κ2) is 8.14. The number of likely N-dealkylation sites (tertiary alicyclic amines) is 1. The van der Waals surface area contributed by atoms with Crippen molar-refractivity contribution in [2.45, 2.75) is 38.3 Å². The number of β-amino-alcohol motifs (C(OH)–C–C–N with tert-alkyl or cyclic N) is 1. The standard InChI is InChI=1S/C23H26ClFN6O2/c1-14-5-9-30(23(14,2)17-11-15(25)3-4-18(17)24)20-7-10-31-21(28-20)19(12-26-31)27-22(33)29-8-6-16(32)13-29/h3-4,7,10-12,14,16,32H,5-6,8-9,13H2,1-2H3,(H,27,33)/t14-,16+,23-/m1/s1. The Morgan fingerprint density at radius 3 is 2.88 bits per heavy atom. The zero-order valence-corrected chi connectivity index (χ0v) is 19.3. The van der Waals surface area contributed by atoms with Gasteiger partial charge in [0.1, 0.15) is 17.3 Å². The van der Waals surface area contributed by atoms with Crippen molar-refractivity contribution < 1.29 is 14.3 Å². The zero-order valence-electron chi connectivity index (χ0n) is 18.5. The van der Waals surface area contributed by atoms with Gasteiger partial charge in [0.15, 0.2) is 5.65 Å². The molecule has 0 radical (unpaired) electrons. The van der Waals surface area contributed by atoms with Crippen LogP contribution in [0.1, 0.15) is 32.3 Å². The normalized spacial score (nSPS) is 25.2. The van der Waals surface area contributed by atoms with Crippen LogP contribution in [0.2, 0.25) is 5.02 Å². The van der Waals surface area contributed by atoms with E-state index in [1.54, 1.807) is 27.9 Å². The van der Waals surface area contributed by atoms with Crippen LogP contribution in [0, 0.1) is 11.7 Å². The number of nitrogens with zero attached hydrogens (tertiary/aromatic N) is 5. The van der Waals surface area contributed by atoms with Gasteiger partial charge in [0, 0.05) is 30.9 Å². The molecule has 0 spiro atoms. The number of aromatic nitrogens is 3. The van der Waals surface area contributed by atoms with Gasteiger partial charge in [0.05, 0.1) is 17.8 Å². The van der Waals surface area contributed by atoms with E-state index in [0.717, 1.165) is 18.5 Å². The highest BCUT2D eigenvalue weighted by Crippen LogP contribution is 2.47. The number of aliphatic hydroxyl groups excluding tert-OH is 1. The summed E-state index contributed by atoms with van der Waals surface area (Å²) in [6.07, 6.45) is 4.33. The number of urea groups is 1. The van der Waals surface area contributed by atoms with Crippen LogP contribution < -0.4 is 10.2 Å². The Labute approximate surface area is 196 Å². The smallest absolute Gasteiger partial charge is 0.322 e. The van der Waals surface area contributed by atoms with Gasteiger partial charge in [0.25, 0.3) is 0 Å². The highest BCUT2D eigenvalue weighted by molar-refractivity contribution is 6.31. The van der Waals surface area contributed by atoms with Gasteiger partial charge in [-0.3, -0.25) is 0 Å². The highest BCUT2D eigenvalue weighted by Gasteiger charge is 2.46. The quantitative estimate of drug-likeness (QED) is 0.604. The molecule has 3 atom stereocenters. The van der Waals surface area contributed by atoms with Gasteiger partial charge < -0.3 is 20.2 Å². The maximum atomic E-state index is 14.2. The number of carbonyl (C=O) groups excluding carboxylic acids is 1. The van der Waals surface area contributed by atoms with Crippen molar-refractivity contribution in [2.24, 2.45) is 5.92 Å². The molecule has 0 aliphatic carbocycles. The molecule has 0 bridgehead atoms. The molecule has 8 nitrogen and oxygen atoms in total. The molecule has 2 aliphatic heterocycles. The van der Waals surface area contributed by atoms with Crippen LogP contribution in [0.25, 0.3) is 5.65 Å². The minimum Gasteiger partial charge on any atom is -0.391 e. The van der Waals surface area contributed by atoms with Crippen molar-refractivity contribution in [3.63, 3.8) is 0 Å². The molecular formula is C23H26ClFN6O2. The predicted molar refractivity (Wildman–Crippen MR) is 124 cm³/mol. The van der Waals surface area contributed by atoms with Crippen molar-refractivity contribution in [2.75, 3.05) is 29.9 Å². The fourth-order valence-electron chi connectivity index (χ4n) is 4.97. The number of carbonyl (C=O) groups is 1. The molecule has 2 saturated heterocycles. The third-order valence-electron chi connectivity index (χ3n) is 7.10. The zero-order chi connectivity index (χ0) is 23.3. The molecular weight excluding hydrogens is 447 g/mol. The van der Waals surface area contributed by atoms with E-state index in [4.69, 9.17) is 16.6 Å². The summed E-state index contributed by atoms with van der Waals surface area (Å²) in [6, 6.07) is 6.04. The Balaban J connectivity index is 1.50. The summed E-state index contributed by atoms with van der Waals surface area (Å²) < 4.78 is 15.8. The molecule has 33 heavy (non-hydrogen) atoms. The summed E-state index contributed by atoms with van der Waals surface area (Å²) in [7, 11) is 0. The summed E-state index contributed by atoms with van der Waals surface area (Å²) in [5.74, 6) is 0.577. The Morgan fingerprint density at radius 2 is 2.12 bits per heavy atom. The third-order valence-corrected chi connectivity index (χ3v) is 7.43. The molecule has 3 aromatic rings. The minimum absolute atomic E-state index is 0.209. The van der Waals surface area contributed by atoms with Gasteiger partial charge in [0.2, 0.25) is 0 Å².